The van der Waals surface area contributed by atoms with Gasteiger partial charge in [-0.25, -0.2) is 18.0 Å². The highest BCUT2D eigenvalue weighted by atomic mass is 19.2. The fourth-order valence-electron chi connectivity index (χ4n) is 1.91. The standard InChI is InChI=1S/C15H19F3N4O/c1-21(2)6-4-8-22(7-3-5-19)15(23)20-11-9-12(16)14(18)13(17)10-11/h9-10H,3-4,6-8H2,1-2H3,(H,20,23). The maximum Gasteiger partial charge on any atom is 0.321 e. The van der Waals surface area contributed by atoms with Gasteiger partial charge in [0, 0.05) is 30.9 Å². The summed E-state index contributed by atoms with van der Waals surface area (Å²) < 4.78 is 39.2. The van der Waals surface area contributed by atoms with Crippen LogP contribution in [-0.4, -0.2) is 49.6 Å². The average molecular weight is 328 g/mol. The third-order valence-electron chi connectivity index (χ3n) is 3.05. The van der Waals surface area contributed by atoms with Gasteiger partial charge in [-0.15, -0.1) is 0 Å². The van der Waals surface area contributed by atoms with Gasteiger partial charge in [0.2, 0.25) is 0 Å². The fourth-order valence-corrected chi connectivity index (χ4v) is 1.91. The van der Waals surface area contributed by atoms with Crippen molar-refractivity contribution >= 4 is 11.7 Å². The van der Waals surface area contributed by atoms with E-state index in [0.717, 1.165) is 6.54 Å². The molecule has 23 heavy (non-hydrogen) atoms. The number of hydrogen-bond acceptors (Lipinski definition) is 3. The van der Waals surface area contributed by atoms with E-state index >= 15 is 0 Å². The van der Waals surface area contributed by atoms with Gasteiger partial charge in [-0.1, -0.05) is 0 Å². The summed E-state index contributed by atoms with van der Waals surface area (Å²) in [5.74, 6) is -4.34. The van der Waals surface area contributed by atoms with E-state index in [-0.39, 0.29) is 18.7 Å². The van der Waals surface area contributed by atoms with E-state index in [1.807, 2.05) is 25.1 Å². The SMILES string of the molecule is CN(C)CCCN(CCC#N)C(=O)Nc1cc(F)c(F)c(F)c1. The van der Waals surface area contributed by atoms with Gasteiger partial charge < -0.3 is 15.1 Å². The van der Waals surface area contributed by atoms with Gasteiger partial charge in [-0.3, -0.25) is 0 Å². The molecule has 1 aromatic rings. The van der Waals surface area contributed by atoms with Gasteiger partial charge >= 0.3 is 6.03 Å². The molecule has 0 saturated carbocycles. The zero-order valence-electron chi connectivity index (χ0n) is 13.1. The molecule has 2 amide bonds. The molecule has 126 valence electrons. The third-order valence-corrected chi connectivity index (χ3v) is 3.05. The number of amides is 2. The maximum absolute atomic E-state index is 13.2. The molecule has 0 heterocycles. The van der Waals surface area contributed by atoms with Crippen molar-refractivity contribution in [3.63, 3.8) is 0 Å². The molecule has 0 aromatic heterocycles. The van der Waals surface area contributed by atoms with Crippen LogP contribution in [0.15, 0.2) is 12.1 Å². The lowest BCUT2D eigenvalue weighted by Crippen LogP contribution is -2.37. The molecule has 1 rings (SSSR count). The molecule has 0 spiro atoms. The van der Waals surface area contributed by atoms with E-state index < -0.39 is 23.5 Å². The second-order valence-corrected chi connectivity index (χ2v) is 5.24. The fraction of sp³-hybridized carbons (Fsp3) is 0.467. The quantitative estimate of drug-likeness (QED) is 0.783. The van der Waals surface area contributed by atoms with Crippen molar-refractivity contribution in [2.75, 3.05) is 39.0 Å². The topological polar surface area (TPSA) is 59.4 Å². The minimum atomic E-state index is -1.59. The van der Waals surface area contributed by atoms with Gasteiger partial charge in [-0.05, 0) is 27.1 Å². The molecule has 5 nitrogen and oxygen atoms in total. The van der Waals surface area contributed by atoms with Gasteiger partial charge in [0.1, 0.15) is 0 Å². The van der Waals surface area contributed by atoms with Crippen LogP contribution >= 0.6 is 0 Å². The number of benzene rings is 1. The molecule has 0 unspecified atom stereocenters. The minimum absolute atomic E-state index is 0.140. The molecule has 0 aliphatic heterocycles. The van der Waals surface area contributed by atoms with Crippen molar-refractivity contribution in [3.05, 3.63) is 29.6 Å². The monoisotopic (exact) mass is 328 g/mol. The lowest BCUT2D eigenvalue weighted by atomic mass is 10.3. The second kappa shape index (κ2) is 9.00. The van der Waals surface area contributed by atoms with Crippen molar-refractivity contribution in [2.24, 2.45) is 0 Å². The van der Waals surface area contributed by atoms with Crippen LogP contribution in [0.2, 0.25) is 0 Å². The molecule has 0 saturated heterocycles. The summed E-state index contributed by atoms with van der Waals surface area (Å²) in [6.45, 7) is 1.33. The summed E-state index contributed by atoms with van der Waals surface area (Å²) in [5.41, 5.74) is -0.180. The summed E-state index contributed by atoms with van der Waals surface area (Å²) in [5, 5.41) is 11.0. The number of nitrogens with zero attached hydrogens (tertiary/aromatic N) is 3. The lowest BCUT2D eigenvalue weighted by Gasteiger charge is -2.23. The summed E-state index contributed by atoms with van der Waals surface area (Å²) >= 11 is 0. The summed E-state index contributed by atoms with van der Waals surface area (Å²) in [6, 6.07) is 2.76. The predicted octanol–water partition coefficient (Wildman–Crippen LogP) is 2.80. The summed E-state index contributed by atoms with van der Waals surface area (Å²) in [4.78, 5) is 15.5. The molecule has 8 heteroatoms. The predicted molar refractivity (Wildman–Crippen MR) is 80.3 cm³/mol. The van der Waals surface area contributed by atoms with Crippen molar-refractivity contribution in [1.82, 2.24) is 9.80 Å². The number of halogens is 3. The zero-order valence-corrected chi connectivity index (χ0v) is 13.1. The van der Waals surface area contributed by atoms with Crippen LogP contribution in [0.5, 0.6) is 0 Å². The molecule has 1 N–H and O–H groups in total. The number of nitrogens with one attached hydrogen (secondary N) is 1. The Bertz CT molecular complexity index is 564. The van der Waals surface area contributed by atoms with Crippen molar-refractivity contribution < 1.29 is 18.0 Å². The Labute approximate surface area is 133 Å². The third kappa shape index (κ3) is 6.16. The van der Waals surface area contributed by atoms with Crippen molar-refractivity contribution in [3.8, 4) is 6.07 Å². The van der Waals surface area contributed by atoms with Gasteiger partial charge in [0.15, 0.2) is 17.5 Å². The number of hydrogen-bond donors (Lipinski definition) is 1. The van der Waals surface area contributed by atoms with Gasteiger partial charge in [-0.2, -0.15) is 5.26 Å². The maximum atomic E-state index is 13.2. The van der Waals surface area contributed by atoms with Crippen LogP contribution in [0.3, 0.4) is 0 Å². The largest absolute Gasteiger partial charge is 0.323 e. The molecular weight excluding hydrogens is 309 g/mol. The Morgan fingerprint density at radius 3 is 2.30 bits per heavy atom. The Morgan fingerprint density at radius 1 is 1.17 bits per heavy atom. The Hall–Kier alpha value is -2.27. The highest BCUT2D eigenvalue weighted by molar-refractivity contribution is 5.89. The van der Waals surface area contributed by atoms with E-state index in [2.05, 4.69) is 5.32 Å². The number of carbonyl (C=O) groups is 1. The zero-order chi connectivity index (χ0) is 17.4. The first kappa shape index (κ1) is 18.8. The number of nitriles is 1. The normalized spacial score (nSPS) is 10.5. The van der Waals surface area contributed by atoms with Crippen LogP contribution in [0.4, 0.5) is 23.7 Å². The first-order valence-corrected chi connectivity index (χ1v) is 7.07. The molecule has 0 fully saturated rings. The van der Waals surface area contributed by atoms with Crippen molar-refractivity contribution in [2.45, 2.75) is 12.8 Å². The van der Waals surface area contributed by atoms with Crippen LogP contribution in [-0.2, 0) is 0 Å². The summed E-state index contributed by atoms with van der Waals surface area (Å²) in [7, 11) is 3.79. The van der Waals surface area contributed by atoms with E-state index in [0.29, 0.717) is 25.1 Å². The minimum Gasteiger partial charge on any atom is -0.323 e. The van der Waals surface area contributed by atoms with Gasteiger partial charge in [0.05, 0.1) is 12.5 Å². The summed E-state index contributed by atoms with van der Waals surface area (Å²) in [6.07, 6.45) is 0.819. The molecule has 0 atom stereocenters. The van der Waals surface area contributed by atoms with E-state index in [1.54, 1.807) is 0 Å². The highest BCUT2D eigenvalue weighted by Gasteiger charge is 2.16. The first-order chi connectivity index (χ1) is 10.8. The Balaban J connectivity index is 2.74. The molecule has 0 aliphatic carbocycles. The number of urea groups is 1. The van der Waals surface area contributed by atoms with E-state index in [1.165, 1.54) is 4.90 Å². The van der Waals surface area contributed by atoms with Gasteiger partial charge in [0.25, 0.3) is 0 Å². The highest BCUT2D eigenvalue weighted by Crippen LogP contribution is 2.17. The number of rotatable bonds is 7. The number of anilines is 1. The van der Waals surface area contributed by atoms with Crippen LogP contribution < -0.4 is 5.32 Å². The van der Waals surface area contributed by atoms with Crippen LogP contribution in [0.1, 0.15) is 12.8 Å². The molecular formula is C15H19F3N4O. The molecule has 0 radical (unpaired) electrons. The molecule has 1 aromatic carbocycles. The average Bonchev–Trinajstić information content (AvgIpc) is 2.47. The smallest absolute Gasteiger partial charge is 0.321 e. The Morgan fingerprint density at radius 2 is 1.78 bits per heavy atom. The van der Waals surface area contributed by atoms with E-state index in [9.17, 15) is 18.0 Å². The Kier molecular flexibility index (Phi) is 7.35. The molecule has 0 aliphatic rings. The lowest BCUT2D eigenvalue weighted by molar-refractivity contribution is 0.209. The van der Waals surface area contributed by atoms with Crippen LogP contribution in [0, 0.1) is 28.8 Å². The molecule has 0 bridgehead atoms. The first-order valence-electron chi connectivity index (χ1n) is 7.07. The van der Waals surface area contributed by atoms with E-state index in [4.69, 9.17) is 5.26 Å². The van der Waals surface area contributed by atoms with Crippen molar-refractivity contribution in [1.29, 1.82) is 5.26 Å². The van der Waals surface area contributed by atoms with Crippen LogP contribution in [0.25, 0.3) is 0 Å². The second-order valence-electron chi connectivity index (χ2n) is 5.24. The number of carbonyl (C=O) groups excluding carboxylic acids is 1.